The number of hydrogen-bond donors (Lipinski definition) is 1. The third-order valence-corrected chi connectivity index (χ3v) is 4.06. The summed E-state index contributed by atoms with van der Waals surface area (Å²) in [5.41, 5.74) is 0.786. The molecule has 1 amide bonds. The van der Waals surface area contributed by atoms with E-state index in [1.165, 1.54) is 18.2 Å². The van der Waals surface area contributed by atoms with Crippen molar-refractivity contribution in [3.63, 3.8) is 0 Å². The number of hydrogen-bond acceptors (Lipinski definition) is 3. The van der Waals surface area contributed by atoms with E-state index in [2.05, 4.69) is 10.3 Å². The highest BCUT2D eigenvalue weighted by molar-refractivity contribution is 5.92. The molecule has 1 N–H and O–H groups in total. The zero-order valence-electron chi connectivity index (χ0n) is 13.4. The molecule has 0 saturated heterocycles. The van der Waals surface area contributed by atoms with Gasteiger partial charge >= 0.3 is 6.18 Å². The van der Waals surface area contributed by atoms with Gasteiger partial charge in [0, 0.05) is 17.5 Å². The van der Waals surface area contributed by atoms with Gasteiger partial charge in [-0.25, -0.2) is 0 Å². The number of alkyl halides is 3. The highest BCUT2D eigenvalue weighted by Crippen LogP contribution is 2.34. The van der Waals surface area contributed by atoms with Crippen molar-refractivity contribution in [2.24, 2.45) is 0 Å². The zero-order valence-corrected chi connectivity index (χ0v) is 13.4. The van der Waals surface area contributed by atoms with Crippen LogP contribution in [0.2, 0.25) is 0 Å². The molecule has 0 aliphatic heterocycles. The van der Waals surface area contributed by atoms with E-state index in [0.29, 0.717) is 5.75 Å². The SMILES string of the molecule is O=C(COc1ccnc2c1CCCC2)Nc1ccccc1C(F)(F)F. The molecule has 0 bridgehead atoms. The third-order valence-electron chi connectivity index (χ3n) is 4.06. The Morgan fingerprint density at radius 3 is 2.72 bits per heavy atom. The second-order valence-corrected chi connectivity index (χ2v) is 5.82. The summed E-state index contributed by atoms with van der Waals surface area (Å²) < 4.78 is 44.4. The minimum atomic E-state index is -4.53. The van der Waals surface area contributed by atoms with Gasteiger partial charge < -0.3 is 10.1 Å². The summed E-state index contributed by atoms with van der Waals surface area (Å²) in [7, 11) is 0. The van der Waals surface area contributed by atoms with Gasteiger partial charge in [-0.3, -0.25) is 9.78 Å². The van der Waals surface area contributed by atoms with Crippen LogP contribution in [-0.4, -0.2) is 17.5 Å². The van der Waals surface area contributed by atoms with Crippen LogP contribution >= 0.6 is 0 Å². The zero-order chi connectivity index (χ0) is 17.9. The Morgan fingerprint density at radius 2 is 1.92 bits per heavy atom. The molecule has 3 rings (SSSR count). The van der Waals surface area contributed by atoms with Crippen LogP contribution in [0.25, 0.3) is 0 Å². The number of amides is 1. The monoisotopic (exact) mass is 350 g/mol. The fourth-order valence-corrected chi connectivity index (χ4v) is 2.90. The predicted molar refractivity (Wildman–Crippen MR) is 86.4 cm³/mol. The molecule has 132 valence electrons. The molecule has 1 heterocycles. The first-order valence-corrected chi connectivity index (χ1v) is 8.01. The van der Waals surface area contributed by atoms with Crippen molar-refractivity contribution in [2.45, 2.75) is 31.9 Å². The number of nitrogens with one attached hydrogen (secondary N) is 1. The van der Waals surface area contributed by atoms with Crippen molar-refractivity contribution in [1.29, 1.82) is 0 Å². The summed E-state index contributed by atoms with van der Waals surface area (Å²) >= 11 is 0. The van der Waals surface area contributed by atoms with Gasteiger partial charge in [-0.1, -0.05) is 12.1 Å². The van der Waals surface area contributed by atoms with Gasteiger partial charge in [0.25, 0.3) is 5.91 Å². The van der Waals surface area contributed by atoms with Crippen LogP contribution in [0.5, 0.6) is 5.75 Å². The number of halogens is 3. The topological polar surface area (TPSA) is 51.2 Å². The standard InChI is InChI=1S/C18H17F3N2O2/c19-18(20,21)13-6-2-4-8-15(13)23-17(24)11-25-16-9-10-22-14-7-3-1-5-12(14)16/h2,4,6,8-10H,1,3,5,7,11H2,(H,23,24). The molecule has 0 radical (unpaired) electrons. The molecule has 1 aliphatic rings. The summed E-state index contributed by atoms with van der Waals surface area (Å²) in [5, 5.41) is 2.27. The maximum Gasteiger partial charge on any atom is 0.418 e. The lowest BCUT2D eigenvalue weighted by Gasteiger charge is -2.18. The number of carbonyl (C=O) groups is 1. The lowest BCUT2D eigenvalue weighted by molar-refractivity contribution is -0.137. The number of anilines is 1. The number of para-hydroxylation sites is 1. The third kappa shape index (κ3) is 4.10. The Bertz CT molecular complexity index is 775. The molecule has 7 heteroatoms. The van der Waals surface area contributed by atoms with Gasteiger partial charge in [-0.05, 0) is 43.9 Å². The number of rotatable bonds is 4. The molecule has 0 spiro atoms. The molecule has 0 unspecified atom stereocenters. The van der Waals surface area contributed by atoms with Crippen LogP contribution in [0.3, 0.4) is 0 Å². The van der Waals surface area contributed by atoms with Crippen molar-refractivity contribution in [1.82, 2.24) is 4.98 Å². The van der Waals surface area contributed by atoms with Gasteiger partial charge in [0.2, 0.25) is 0 Å². The molecule has 1 aromatic heterocycles. The molecule has 2 aromatic rings. The number of ether oxygens (including phenoxy) is 1. The number of fused-ring (bicyclic) bond motifs is 1. The van der Waals surface area contributed by atoms with Gasteiger partial charge in [-0.15, -0.1) is 0 Å². The van der Waals surface area contributed by atoms with Crippen LogP contribution in [0.4, 0.5) is 18.9 Å². The number of pyridine rings is 1. The molecule has 0 saturated carbocycles. The van der Waals surface area contributed by atoms with Gasteiger partial charge in [-0.2, -0.15) is 13.2 Å². The molecule has 0 atom stereocenters. The second-order valence-electron chi connectivity index (χ2n) is 5.82. The fourth-order valence-electron chi connectivity index (χ4n) is 2.90. The predicted octanol–water partition coefficient (Wildman–Crippen LogP) is 4.00. The van der Waals surface area contributed by atoms with Crippen molar-refractivity contribution < 1.29 is 22.7 Å². The van der Waals surface area contributed by atoms with E-state index in [1.807, 2.05) is 0 Å². The number of benzene rings is 1. The van der Waals surface area contributed by atoms with Gasteiger partial charge in [0.05, 0.1) is 11.3 Å². The Balaban J connectivity index is 1.67. The smallest absolute Gasteiger partial charge is 0.418 e. The van der Waals surface area contributed by atoms with Crippen molar-refractivity contribution in [3.05, 3.63) is 53.3 Å². The van der Waals surface area contributed by atoms with Crippen LogP contribution in [-0.2, 0) is 23.8 Å². The second kappa shape index (κ2) is 7.13. The number of nitrogens with zero attached hydrogens (tertiary/aromatic N) is 1. The van der Waals surface area contributed by atoms with Crippen LogP contribution < -0.4 is 10.1 Å². The molecule has 1 aliphatic carbocycles. The van der Waals surface area contributed by atoms with E-state index in [0.717, 1.165) is 43.0 Å². The molecular weight excluding hydrogens is 333 g/mol. The Morgan fingerprint density at radius 1 is 1.16 bits per heavy atom. The van der Waals surface area contributed by atoms with Crippen molar-refractivity contribution in [2.75, 3.05) is 11.9 Å². The van der Waals surface area contributed by atoms with E-state index in [9.17, 15) is 18.0 Å². The lowest BCUT2D eigenvalue weighted by Crippen LogP contribution is -2.23. The summed E-state index contributed by atoms with van der Waals surface area (Å²) in [6.07, 6.45) is 0.887. The molecule has 0 fully saturated rings. The Hall–Kier alpha value is -2.57. The maximum absolute atomic E-state index is 12.9. The minimum absolute atomic E-state index is 0.277. The first kappa shape index (κ1) is 17.3. The van der Waals surface area contributed by atoms with Gasteiger partial charge in [0.1, 0.15) is 5.75 Å². The van der Waals surface area contributed by atoms with Crippen LogP contribution in [0, 0.1) is 0 Å². The van der Waals surface area contributed by atoms with Crippen molar-refractivity contribution in [3.8, 4) is 5.75 Å². The van der Waals surface area contributed by atoms with E-state index < -0.39 is 17.6 Å². The average Bonchev–Trinajstić information content (AvgIpc) is 2.59. The lowest BCUT2D eigenvalue weighted by atomic mass is 9.95. The molecular formula is C18H17F3N2O2. The van der Waals surface area contributed by atoms with Crippen molar-refractivity contribution >= 4 is 11.6 Å². The van der Waals surface area contributed by atoms with E-state index in [-0.39, 0.29) is 12.3 Å². The quantitative estimate of drug-likeness (QED) is 0.907. The number of carbonyl (C=O) groups excluding carboxylic acids is 1. The van der Waals surface area contributed by atoms with Crippen LogP contribution in [0.15, 0.2) is 36.5 Å². The Labute approximate surface area is 143 Å². The first-order valence-electron chi connectivity index (χ1n) is 8.01. The summed E-state index contributed by atoms with van der Waals surface area (Å²) in [6.45, 7) is -0.358. The van der Waals surface area contributed by atoms with E-state index >= 15 is 0 Å². The van der Waals surface area contributed by atoms with E-state index in [1.54, 1.807) is 12.3 Å². The summed E-state index contributed by atoms with van der Waals surface area (Å²) in [4.78, 5) is 16.3. The molecule has 1 aromatic carbocycles. The fraction of sp³-hybridized carbons (Fsp3) is 0.333. The summed E-state index contributed by atoms with van der Waals surface area (Å²) in [5.74, 6) is -0.0676. The van der Waals surface area contributed by atoms with E-state index in [4.69, 9.17) is 4.74 Å². The first-order chi connectivity index (χ1) is 11.9. The number of aryl methyl sites for hydroxylation is 1. The largest absolute Gasteiger partial charge is 0.483 e. The number of aromatic nitrogens is 1. The normalized spacial score (nSPS) is 13.9. The van der Waals surface area contributed by atoms with Crippen LogP contribution in [0.1, 0.15) is 29.7 Å². The molecule has 25 heavy (non-hydrogen) atoms. The summed E-state index contributed by atoms with van der Waals surface area (Å²) in [6, 6.07) is 6.54. The highest BCUT2D eigenvalue weighted by Gasteiger charge is 2.33. The highest BCUT2D eigenvalue weighted by atomic mass is 19.4. The van der Waals surface area contributed by atoms with Gasteiger partial charge in [0.15, 0.2) is 6.61 Å². The average molecular weight is 350 g/mol. The Kier molecular flexibility index (Phi) is 4.92. The maximum atomic E-state index is 12.9. The molecule has 4 nitrogen and oxygen atoms in total. The minimum Gasteiger partial charge on any atom is -0.483 e.